The van der Waals surface area contributed by atoms with Crippen molar-refractivity contribution in [3.05, 3.63) is 53.9 Å². The highest BCUT2D eigenvalue weighted by Crippen LogP contribution is 2.28. The molecular formula is C22H27N3O4. The zero-order chi connectivity index (χ0) is 20.6. The molecule has 29 heavy (non-hydrogen) atoms. The summed E-state index contributed by atoms with van der Waals surface area (Å²) in [5, 5.41) is 2.98. The van der Waals surface area contributed by atoms with Crippen molar-refractivity contribution in [3.8, 4) is 11.5 Å². The lowest BCUT2D eigenvalue weighted by molar-refractivity contribution is -0.135. The molecule has 1 aromatic heterocycles. The lowest BCUT2D eigenvalue weighted by Crippen LogP contribution is -2.43. The zero-order valence-corrected chi connectivity index (χ0v) is 16.9. The Morgan fingerprint density at radius 1 is 1.03 bits per heavy atom. The smallest absolute Gasteiger partial charge is 0.226 e. The van der Waals surface area contributed by atoms with Gasteiger partial charge in [0.05, 0.1) is 20.6 Å². The van der Waals surface area contributed by atoms with E-state index in [0.717, 1.165) is 11.1 Å². The summed E-state index contributed by atoms with van der Waals surface area (Å²) in [7, 11) is 3.16. The van der Waals surface area contributed by atoms with Gasteiger partial charge in [0.2, 0.25) is 11.8 Å². The molecule has 3 rings (SSSR count). The number of hydrogen-bond donors (Lipinski definition) is 1. The number of pyridine rings is 1. The van der Waals surface area contributed by atoms with E-state index in [-0.39, 0.29) is 17.7 Å². The van der Waals surface area contributed by atoms with Crippen molar-refractivity contribution in [3.63, 3.8) is 0 Å². The molecule has 7 heteroatoms. The van der Waals surface area contributed by atoms with Crippen molar-refractivity contribution >= 4 is 11.8 Å². The Bertz CT molecular complexity index is 833. The third kappa shape index (κ3) is 5.47. The van der Waals surface area contributed by atoms with Gasteiger partial charge < -0.3 is 19.7 Å². The van der Waals surface area contributed by atoms with E-state index in [1.165, 1.54) is 0 Å². The summed E-state index contributed by atoms with van der Waals surface area (Å²) in [6, 6.07) is 9.28. The summed E-state index contributed by atoms with van der Waals surface area (Å²) < 4.78 is 10.5. The average molecular weight is 397 g/mol. The van der Waals surface area contributed by atoms with Gasteiger partial charge in [-0.3, -0.25) is 14.6 Å². The van der Waals surface area contributed by atoms with Crippen LogP contribution in [0.5, 0.6) is 11.5 Å². The largest absolute Gasteiger partial charge is 0.493 e. The van der Waals surface area contributed by atoms with Gasteiger partial charge in [0, 0.05) is 37.9 Å². The normalized spacial score (nSPS) is 14.3. The number of piperidine rings is 1. The van der Waals surface area contributed by atoms with Gasteiger partial charge in [0.25, 0.3) is 0 Å². The standard InChI is InChI=1S/C22H27N3O4/c1-28-19-4-3-17(13-20(19)29-2)14-21(26)25-11-7-18(8-12-25)22(27)24-15-16-5-9-23-10-6-16/h3-6,9-10,13,18H,7-8,11-12,14-15H2,1-2H3,(H,24,27). The molecular weight excluding hydrogens is 370 g/mol. The minimum absolute atomic E-state index is 0.0498. The van der Waals surface area contributed by atoms with Crippen LogP contribution in [-0.4, -0.2) is 49.0 Å². The summed E-state index contributed by atoms with van der Waals surface area (Å²) in [5.74, 6) is 1.31. The summed E-state index contributed by atoms with van der Waals surface area (Å²) in [6.07, 6.45) is 5.09. The Kier molecular flexibility index (Phi) is 7.05. The van der Waals surface area contributed by atoms with Crippen LogP contribution in [0, 0.1) is 5.92 Å². The number of rotatable bonds is 7. The minimum Gasteiger partial charge on any atom is -0.493 e. The van der Waals surface area contributed by atoms with E-state index >= 15 is 0 Å². The van der Waals surface area contributed by atoms with Crippen molar-refractivity contribution < 1.29 is 19.1 Å². The Morgan fingerprint density at radius 2 is 1.72 bits per heavy atom. The number of hydrogen-bond acceptors (Lipinski definition) is 5. The second-order valence-electron chi connectivity index (χ2n) is 7.09. The first-order valence-corrected chi connectivity index (χ1v) is 9.76. The fourth-order valence-corrected chi connectivity index (χ4v) is 3.50. The maximum atomic E-state index is 12.7. The molecule has 2 aromatic rings. The molecule has 0 bridgehead atoms. The molecule has 1 aliphatic rings. The molecule has 0 aliphatic carbocycles. The number of nitrogens with zero attached hydrogens (tertiary/aromatic N) is 2. The molecule has 1 N–H and O–H groups in total. The Labute approximate surface area is 171 Å². The van der Waals surface area contributed by atoms with E-state index in [9.17, 15) is 9.59 Å². The van der Waals surface area contributed by atoms with Crippen molar-refractivity contribution in [2.45, 2.75) is 25.8 Å². The third-order valence-corrected chi connectivity index (χ3v) is 5.24. The van der Waals surface area contributed by atoms with E-state index in [1.54, 1.807) is 32.7 Å². The van der Waals surface area contributed by atoms with E-state index in [4.69, 9.17) is 9.47 Å². The SMILES string of the molecule is COc1ccc(CC(=O)N2CCC(C(=O)NCc3ccncc3)CC2)cc1OC. The molecule has 0 atom stereocenters. The van der Waals surface area contributed by atoms with E-state index in [0.29, 0.717) is 50.4 Å². The molecule has 0 saturated carbocycles. The maximum absolute atomic E-state index is 12.7. The Hall–Kier alpha value is -3.09. The number of carbonyl (C=O) groups is 2. The highest BCUT2D eigenvalue weighted by atomic mass is 16.5. The van der Waals surface area contributed by atoms with Gasteiger partial charge in [-0.05, 0) is 48.2 Å². The molecule has 7 nitrogen and oxygen atoms in total. The number of nitrogens with one attached hydrogen (secondary N) is 1. The van der Waals surface area contributed by atoms with Gasteiger partial charge in [-0.2, -0.15) is 0 Å². The van der Waals surface area contributed by atoms with Gasteiger partial charge in [-0.25, -0.2) is 0 Å². The van der Waals surface area contributed by atoms with E-state index in [2.05, 4.69) is 10.3 Å². The summed E-state index contributed by atoms with van der Waals surface area (Å²) in [4.78, 5) is 30.9. The molecule has 0 spiro atoms. The van der Waals surface area contributed by atoms with E-state index in [1.807, 2.05) is 29.2 Å². The van der Waals surface area contributed by atoms with Crippen LogP contribution in [0.3, 0.4) is 0 Å². The fraction of sp³-hybridized carbons (Fsp3) is 0.409. The van der Waals surface area contributed by atoms with Crippen LogP contribution in [0.25, 0.3) is 0 Å². The maximum Gasteiger partial charge on any atom is 0.226 e. The van der Waals surface area contributed by atoms with Crippen molar-refractivity contribution in [1.82, 2.24) is 15.2 Å². The second-order valence-corrected chi connectivity index (χ2v) is 7.09. The number of benzene rings is 1. The van der Waals surface area contributed by atoms with Crippen LogP contribution >= 0.6 is 0 Å². The second kappa shape index (κ2) is 9.91. The lowest BCUT2D eigenvalue weighted by atomic mass is 9.95. The first kappa shape index (κ1) is 20.6. The molecule has 2 amide bonds. The van der Waals surface area contributed by atoms with Crippen molar-refractivity contribution in [1.29, 1.82) is 0 Å². The first-order valence-electron chi connectivity index (χ1n) is 9.76. The molecule has 1 aromatic carbocycles. The van der Waals surface area contributed by atoms with Crippen LogP contribution in [0.2, 0.25) is 0 Å². The van der Waals surface area contributed by atoms with Crippen LogP contribution in [0.4, 0.5) is 0 Å². The predicted octanol–water partition coefficient (Wildman–Crippen LogP) is 2.20. The average Bonchev–Trinajstić information content (AvgIpc) is 2.78. The summed E-state index contributed by atoms with van der Waals surface area (Å²) in [5.41, 5.74) is 1.90. The van der Waals surface area contributed by atoms with Gasteiger partial charge >= 0.3 is 0 Å². The van der Waals surface area contributed by atoms with Crippen molar-refractivity contribution in [2.75, 3.05) is 27.3 Å². The Morgan fingerprint density at radius 3 is 2.38 bits per heavy atom. The van der Waals surface area contributed by atoms with Gasteiger partial charge in [-0.15, -0.1) is 0 Å². The molecule has 2 heterocycles. The molecule has 0 radical (unpaired) electrons. The number of aromatic nitrogens is 1. The monoisotopic (exact) mass is 397 g/mol. The molecule has 0 unspecified atom stereocenters. The van der Waals surface area contributed by atoms with E-state index < -0.39 is 0 Å². The number of methoxy groups -OCH3 is 2. The van der Waals surface area contributed by atoms with Gasteiger partial charge in [-0.1, -0.05) is 6.07 Å². The predicted molar refractivity (Wildman–Crippen MR) is 109 cm³/mol. The Balaban J connectivity index is 1.47. The third-order valence-electron chi connectivity index (χ3n) is 5.24. The summed E-state index contributed by atoms with van der Waals surface area (Å²) >= 11 is 0. The van der Waals surface area contributed by atoms with Crippen LogP contribution < -0.4 is 14.8 Å². The molecule has 1 fully saturated rings. The summed E-state index contributed by atoms with van der Waals surface area (Å²) in [6.45, 7) is 1.69. The van der Waals surface area contributed by atoms with Crippen LogP contribution in [-0.2, 0) is 22.6 Å². The number of likely N-dealkylation sites (tertiary alicyclic amines) is 1. The fourth-order valence-electron chi connectivity index (χ4n) is 3.50. The highest BCUT2D eigenvalue weighted by molar-refractivity contribution is 5.81. The zero-order valence-electron chi connectivity index (χ0n) is 16.9. The lowest BCUT2D eigenvalue weighted by Gasteiger charge is -2.31. The minimum atomic E-state index is -0.0537. The molecule has 154 valence electrons. The quantitative estimate of drug-likeness (QED) is 0.775. The number of ether oxygens (including phenoxy) is 2. The van der Waals surface area contributed by atoms with Gasteiger partial charge in [0.15, 0.2) is 11.5 Å². The van der Waals surface area contributed by atoms with Crippen LogP contribution in [0.15, 0.2) is 42.7 Å². The van der Waals surface area contributed by atoms with Gasteiger partial charge in [0.1, 0.15) is 0 Å². The number of carbonyl (C=O) groups excluding carboxylic acids is 2. The van der Waals surface area contributed by atoms with Crippen LogP contribution in [0.1, 0.15) is 24.0 Å². The number of amides is 2. The molecule has 1 aliphatic heterocycles. The first-order chi connectivity index (χ1) is 14.1. The van der Waals surface area contributed by atoms with Crippen molar-refractivity contribution in [2.24, 2.45) is 5.92 Å². The highest BCUT2D eigenvalue weighted by Gasteiger charge is 2.27. The molecule has 1 saturated heterocycles. The topological polar surface area (TPSA) is 80.8 Å².